The maximum absolute atomic E-state index is 13.0. The third kappa shape index (κ3) is 2.97. The number of carbonyl (C=O) groups is 3. The van der Waals surface area contributed by atoms with Crippen LogP contribution in [0, 0.1) is 0 Å². The molecule has 1 aromatic carbocycles. The molecule has 2 aromatic heterocycles. The summed E-state index contributed by atoms with van der Waals surface area (Å²) >= 11 is 0. The molecular formula is C21H20N4O4. The Kier molecular flexibility index (Phi) is 4.41. The van der Waals surface area contributed by atoms with Crippen molar-refractivity contribution in [2.24, 2.45) is 0 Å². The highest BCUT2D eigenvalue weighted by Crippen LogP contribution is 2.27. The van der Waals surface area contributed by atoms with E-state index in [1.165, 1.54) is 12.1 Å². The number of imide groups is 1. The average Bonchev–Trinajstić information content (AvgIpc) is 3.23. The van der Waals surface area contributed by atoms with Gasteiger partial charge >= 0.3 is 5.97 Å². The van der Waals surface area contributed by atoms with Crippen molar-refractivity contribution >= 4 is 28.8 Å². The van der Waals surface area contributed by atoms with Gasteiger partial charge in [-0.15, -0.1) is 0 Å². The Morgan fingerprint density at radius 3 is 2.21 bits per heavy atom. The van der Waals surface area contributed by atoms with Crippen molar-refractivity contribution < 1.29 is 19.2 Å². The number of rotatable bonds is 4. The predicted molar refractivity (Wildman–Crippen MR) is 104 cm³/mol. The van der Waals surface area contributed by atoms with E-state index in [0.29, 0.717) is 21.8 Å². The lowest BCUT2D eigenvalue weighted by atomic mass is 10.1. The second-order valence-corrected chi connectivity index (χ2v) is 7.50. The normalized spacial score (nSPS) is 13.7. The van der Waals surface area contributed by atoms with Gasteiger partial charge in [-0.25, -0.2) is 14.5 Å². The van der Waals surface area contributed by atoms with E-state index in [1.54, 1.807) is 29.1 Å². The summed E-state index contributed by atoms with van der Waals surface area (Å²) in [6.45, 7) is 7.85. The molecule has 29 heavy (non-hydrogen) atoms. The number of hydroxylamine groups is 2. The van der Waals surface area contributed by atoms with Crippen molar-refractivity contribution in [1.82, 2.24) is 19.8 Å². The molecule has 0 N–H and O–H groups in total. The van der Waals surface area contributed by atoms with Gasteiger partial charge < -0.3 is 4.84 Å². The molecular weight excluding hydrogens is 372 g/mol. The summed E-state index contributed by atoms with van der Waals surface area (Å²) in [5.41, 5.74) is 1.87. The molecule has 3 aromatic rings. The number of fused-ring (bicyclic) bond motifs is 2. The Morgan fingerprint density at radius 1 is 1.03 bits per heavy atom. The van der Waals surface area contributed by atoms with Gasteiger partial charge in [0.1, 0.15) is 0 Å². The van der Waals surface area contributed by atoms with E-state index in [9.17, 15) is 14.4 Å². The average molecular weight is 392 g/mol. The van der Waals surface area contributed by atoms with Gasteiger partial charge in [-0.3, -0.25) is 9.59 Å². The Morgan fingerprint density at radius 2 is 1.66 bits per heavy atom. The minimum absolute atomic E-state index is 0.0440. The van der Waals surface area contributed by atoms with E-state index >= 15 is 0 Å². The number of nitrogens with zero attached hydrogens (tertiary/aromatic N) is 4. The van der Waals surface area contributed by atoms with Crippen LogP contribution < -0.4 is 0 Å². The highest BCUT2D eigenvalue weighted by Gasteiger charge is 2.39. The molecule has 0 aliphatic carbocycles. The lowest BCUT2D eigenvalue weighted by Gasteiger charge is -2.15. The summed E-state index contributed by atoms with van der Waals surface area (Å²) in [5, 5.41) is 5.35. The van der Waals surface area contributed by atoms with Crippen LogP contribution in [0.2, 0.25) is 0 Å². The molecule has 0 radical (unpaired) electrons. The Balaban J connectivity index is 1.74. The first-order valence-corrected chi connectivity index (χ1v) is 9.37. The number of carbonyl (C=O) groups excluding carboxylic acids is 3. The minimum Gasteiger partial charge on any atom is -0.324 e. The van der Waals surface area contributed by atoms with E-state index < -0.39 is 17.8 Å². The van der Waals surface area contributed by atoms with Crippen molar-refractivity contribution in [3.63, 3.8) is 0 Å². The van der Waals surface area contributed by atoms with Gasteiger partial charge in [0.25, 0.3) is 11.8 Å². The molecule has 0 saturated heterocycles. The fraction of sp³-hybridized carbons (Fsp3) is 0.286. The first-order valence-electron chi connectivity index (χ1n) is 9.37. The van der Waals surface area contributed by atoms with Gasteiger partial charge in [-0.2, -0.15) is 5.10 Å². The summed E-state index contributed by atoms with van der Waals surface area (Å²) < 4.78 is 1.72. The monoisotopic (exact) mass is 392 g/mol. The number of hydrogen-bond donors (Lipinski definition) is 0. The van der Waals surface area contributed by atoms with E-state index in [0.717, 1.165) is 0 Å². The molecule has 3 heterocycles. The van der Waals surface area contributed by atoms with Crippen LogP contribution in [0.25, 0.3) is 11.0 Å². The topological polar surface area (TPSA) is 94.4 Å². The van der Waals surface area contributed by atoms with Crippen LogP contribution in [0.3, 0.4) is 0 Å². The Bertz CT molecular complexity index is 1130. The van der Waals surface area contributed by atoms with Crippen molar-refractivity contribution in [3.05, 3.63) is 58.9 Å². The fourth-order valence-electron chi connectivity index (χ4n) is 3.26. The van der Waals surface area contributed by atoms with E-state index in [-0.39, 0.29) is 28.7 Å². The van der Waals surface area contributed by atoms with Gasteiger partial charge in [0.05, 0.1) is 28.3 Å². The first kappa shape index (κ1) is 18.8. The second kappa shape index (κ2) is 6.80. The van der Waals surface area contributed by atoms with Crippen molar-refractivity contribution in [2.45, 2.75) is 39.7 Å². The highest BCUT2D eigenvalue weighted by molar-refractivity contribution is 6.21. The molecule has 0 atom stereocenters. The zero-order valence-electron chi connectivity index (χ0n) is 16.5. The van der Waals surface area contributed by atoms with Crippen LogP contribution in [-0.2, 0) is 4.84 Å². The standard InChI is InChI=1S/C21H20N4O4/c1-11(2)17-9-15(16-10-22-24(12(3)4)18(16)23-17)21(28)29-25-19(26)13-7-5-6-8-14(13)20(25)27/h5-12H,1-4H3. The van der Waals surface area contributed by atoms with Crippen LogP contribution in [0.4, 0.5) is 0 Å². The van der Waals surface area contributed by atoms with Gasteiger partial charge in [-0.05, 0) is 38.0 Å². The maximum Gasteiger partial charge on any atom is 0.364 e. The summed E-state index contributed by atoms with van der Waals surface area (Å²) in [5.74, 6) is -2.07. The molecule has 8 nitrogen and oxygen atoms in total. The van der Waals surface area contributed by atoms with Gasteiger partial charge in [0, 0.05) is 11.7 Å². The number of hydrogen-bond acceptors (Lipinski definition) is 6. The second-order valence-electron chi connectivity index (χ2n) is 7.50. The van der Waals surface area contributed by atoms with E-state index in [4.69, 9.17) is 4.84 Å². The Labute approximate surface area is 167 Å². The van der Waals surface area contributed by atoms with Gasteiger partial charge in [-0.1, -0.05) is 31.0 Å². The van der Waals surface area contributed by atoms with Crippen molar-refractivity contribution in [3.8, 4) is 0 Å². The first-order chi connectivity index (χ1) is 13.8. The quantitative estimate of drug-likeness (QED) is 0.631. The van der Waals surface area contributed by atoms with Crippen LogP contribution in [-0.4, -0.2) is 37.6 Å². The lowest BCUT2D eigenvalue weighted by Crippen LogP contribution is -2.32. The van der Waals surface area contributed by atoms with Gasteiger partial charge in [0.15, 0.2) is 5.65 Å². The number of benzene rings is 1. The smallest absolute Gasteiger partial charge is 0.324 e. The van der Waals surface area contributed by atoms with Gasteiger partial charge in [0.2, 0.25) is 0 Å². The van der Waals surface area contributed by atoms with Crippen LogP contribution >= 0.6 is 0 Å². The number of pyridine rings is 1. The zero-order chi connectivity index (χ0) is 20.9. The van der Waals surface area contributed by atoms with Crippen molar-refractivity contribution in [2.75, 3.05) is 0 Å². The molecule has 0 saturated carbocycles. The lowest BCUT2D eigenvalue weighted by molar-refractivity contribution is -0.0583. The molecule has 0 unspecified atom stereocenters. The summed E-state index contributed by atoms with van der Waals surface area (Å²) in [4.78, 5) is 47.9. The number of amides is 2. The predicted octanol–water partition coefficient (Wildman–Crippen LogP) is 3.50. The van der Waals surface area contributed by atoms with Crippen LogP contribution in [0.1, 0.15) is 76.4 Å². The molecule has 148 valence electrons. The van der Waals surface area contributed by atoms with E-state index in [2.05, 4.69) is 10.1 Å². The third-order valence-corrected chi connectivity index (χ3v) is 4.82. The molecule has 1 aliphatic rings. The summed E-state index contributed by atoms with van der Waals surface area (Å²) in [7, 11) is 0. The number of aromatic nitrogens is 3. The molecule has 0 spiro atoms. The molecule has 4 rings (SSSR count). The SMILES string of the molecule is CC(C)c1cc(C(=O)ON2C(=O)c3ccccc3C2=O)c2cnn(C(C)C)c2n1. The molecule has 2 amide bonds. The fourth-order valence-corrected chi connectivity index (χ4v) is 3.26. The van der Waals surface area contributed by atoms with E-state index in [1.807, 2.05) is 27.7 Å². The third-order valence-electron chi connectivity index (χ3n) is 4.82. The minimum atomic E-state index is -0.808. The zero-order valence-corrected chi connectivity index (χ0v) is 16.5. The maximum atomic E-state index is 13.0. The van der Waals surface area contributed by atoms with Crippen LogP contribution in [0.5, 0.6) is 0 Å². The summed E-state index contributed by atoms with van der Waals surface area (Å²) in [6.07, 6.45) is 1.55. The Hall–Kier alpha value is -3.55. The summed E-state index contributed by atoms with van der Waals surface area (Å²) in [6, 6.07) is 8.02. The largest absolute Gasteiger partial charge is 0.364 e. The molecule has 1 aliphatic heterocycles. The molecule has 0 fully saturated rings. The van der Waals surface area contributed by atoms with Crippen LogP contribution in [0.15, 0.2) is 36.5 Å². The van der Waals surface area contributed by atoms with Crippen molar-refractivity contribution in [1.29, 1.82) is 0 Å². The molecule has 8 heteroatoms. The molecule has 0 bridgehead atoms. The highest BCUT2D eigenvalue weighted by atomic mass is 16.7.